The third kappa shape index (κ3) is 4.79. The summed E-state index contributed by atoms with van der Waals surface area (Å²) in [5.74, 6) is 0.512. The van der Waals surface area contributed by atoms with Gasteiger partial charge in [-0.15, -0.1) is 0 Å². The first-order chi connectivity index (χ1) is 14.7. The van der Waals surface area contributed by atoms with Crippen LogP contribution in [0.1, 0.15) is 36.8 Å². The van der Waals surface area contributed by atoms with Gasteiger partial charge in [0.1, 0.15) is 0 Å². The number of rotatable bonds is 4. The maximum absolute atomic E-state index is 13.5. The molecule has 4 rings (SSSR count). The zero-order valence-electron chi connectivity index (χ0n) is 18.0. The molecular weight excluding hydrogens is 405 g/mol. The Bertz CT molecular complexity index is 954. The van der Waals surface area contributed by atoms with Crippen molar-refractivity contribution < 1.29 is 18.0 Å². The van der Waals surface area contributed by atoms with Gasteiger partial charge in [-0.25, -0.2) is 0 Å². The summed E-state index contributed by atoms with van der Waals surface area (Å²) in [6, 6.07) is 4.41. The number of hydrogen-bond acceptors (Lipinski definition) is 4. The van der Waals surface area contributed by atoms with Gasteiger partial charge in [0.2, 0.25) is 5.91 Å². The summed E-state index contributed by atoms with van der Waals surface area (Å²) in [6.07, 6.45) is 0.395. The second-order valence-corrected chi connectivity index (χ2v) is 8.93. The third-order valence-corrected chi connectivity index (χ3v) is 6.59. The Morgan fingerprint density at radius 2 is 1.90 bits per heavy atom. The van der Waals surface area contributed by atoms with E-state index in [0.29, 0.717) is 30.8 Å². The number of amides is 1. The Morgan fingerprint density at radius 1 is 1.16 bits per heavy atom. The van der Waals surface area contributed by atoms with E-state index in [4.69, 9.17) is 0 Å². The second kappa shape index (κ2) is 8.65. The molecule has 0 spiro atoms. The highest BCUT2D eigenvalue weighted by Crippen LogP contribution is 2.39. The maximum Gasteiger partial charge on any atom is 0.418 e. The lowest BCUT2D eigenvalue weighted by atomic mass is 9.93. The van der Waals surface area contributed by atoms with Gasteiger partial charge in [0.05, 0.1) is 11.1 Å². The predicted octanol–water partition coefficient (Wildman–Crippen LogP) is 3.99. The van der Waals surface area contributed by atoms with Crippen LogP contribution in [0.2, 0.25) is 0 Å². The van der Waals surface area contributed by atoms with Crippen molar-refractivity contribution >= 4 is 22.5 Å². The number of nitrogens with one attached hydrogen (secondary N) is 1. The summed E-state index contributed by atoms with van der Waals surface area (Å²) < 4.78 is 40.4. The standard InChI is InChI=1S/C23H29F3N4O/c1-15-5-9-27-22-18(23(24,25)26)3-4-19(21(15)22)30-12-8-17(14-30)28-20(31)13-16-6-10-29(2)11-7-16/h3-5,9,16-17H,6-8,10-14H2,1-2H3,(H,28,31). The van der Waals surface area contributed by atoms with Crippen LogP contribution < -0.4 is 10.2 Å². The number of halogens is 3. The largest absolute Gasteiger partial charge is 0.418 e. The fourth-order valence-corrected chi connectivity index (χ4v) is 4.81. The quantitative estimate of drug-likeness (QED) is 0.791. The third-order valence-electron chi connectivity index (χ3n) is 6.59. The number of carbonyl (C=O) groups excluding carboxylic acids is 1. The molecule has 2 aromatic rings. The number of alkyl halides is 3. The lowest BCUT2D eigenvalue weighted by Crippen LogP contribution is -2.39. The normalized spacial score (nSPS) is 21.1. The topological polar surface area (TPSA) is 48.5 Å². The number of aromatic nitrogens is 1. The molecule has 1 N–H and O–H groups in total. The molecule has 168 valence electrons. The Balaban J connectivity index is 1.46. The van der Waals surface area contributed by atoms with E-state index in [1.165, 1.54) is 6.20 Å². The molecule has 3 heterocycles. The lowest BCUT2D eigenvalue weighted by Gasteiger charge is -2.28. The van der Waals surface area contributed by atoms with E-state index in [2.05, 4.69) is 27.1 Å². The predicted molar refractivity (Wildman–Crippen MR) is 115 cm³/mol. The number of benzene rings is 1. The van der Waals surface area contributed by atoms with Gasteiger partial charge in [0, 0.05) is 42.8 Å². The number of fused-ring (bicyclic) bond motifs is 1. The fraction of sp³-hybridized carbons (Fsp3) is 0.565. The van der Waals surface area contributed by atoms with Crippen LogP contribution in [0.4, 0.5) is 18.9 Å². The average molecular weight is 435 g/mol. The smallest absolute Gasteiger partial charge is 0.369 e. The van der Waals surface area contributed by atoms with E-state index in [1.54, 1.807) is 12.1 Å². The zero-order chi connectivity index (χ0) is 22.2. The molecule has 0 radical (unpaired) electrons. The molecule has 1 aromatic carbocycles. The summed E-state index contributed by atoms with van der Waals surface area (Å²) in [5, 5.41) is 3.68. The van der Waals surface area contributed by atoms with Gasteiger partial charge in [0.15, 0.2) is 0 Å². The van der Waals surface area contributed by atoms with E-state index >= 15 is 0 Å². The van der Waals surface area contributed by atoms with Crippen molar-refractivity contribution in [3.63, 3.8) is 0 Å². The monoisotopic (exact) mass is 434 g/mol. The molecule has 1 aromatic heterocycles. The van der Waals surface area contributed by atoms with Gasteiger partial charge >= 0.3 is 6.18 Å². The second-order valence-electron chi connectivity index (χ2n) is 8.93. The first-order valence-corrected chi connectivity index (χ1v) is 10.9. The van der Waals surface area contributed by atoms with Crippen LogP contribution in [-0.4, -0.2) is 55.1 Å². The summed E-state index contributed by atoms with van der Waals surface area (Å²) in [4.78, 5) is 20.9. The van der Waals surface area contributed by atoms with E-state index in [9.17, 15) is 18.0 Å². The molecule has 2 saturated heterocycles. The van der Waals surface area contributed by atoms with E-state index in [0.717, 1.165) is 49.7 Å². The van der Waals surface area contributed by atoms with Crippen molar-refractivity contribution in [3.8, 4) is 0 Å². The van der Waals surface area contributed by atoms with Crippen LogP contribution in [0.5, 0.6) is 0 Å². The van der Waals surface area contributed by atoms with Gasteiger partial charge in [-0.05, 0) is 76.0 Å². The van der Waals surface area contributed by atoms with Gasteiger partial charge in [-0.2, -0.15) is 13.2 Å². The molecule has 5 nitrogen and oxygen atoms in total. The van der Waals surface area contributed by atoms with Crippen molar-refractivity contribution in [1.29, 1.82) is 0 Å². The number of nitrogens with zero attached hydrogens (tertiary/aromatic N) is 3. The SMILES string of the molecule is Cc1ccnc2c(C(F)(F)F)ccc(N3CCC(NC(=O)CC4CCN(C)CC4)C3)c12. The molecule has 1 amide bonds. The molecule has 31 heavy (non-hydrogen) atoms. The number of piperidine rings is 1. The number of likely N-dealkylation sites (tertiary alicyclic amines) is 1. The summed E-state index contributed by atoms with van der Waals surface area (Å²) in [5.41, 5.74) is 0.790. The first kappa shape index (κ1) is 21.9. The maximum atomic E-state index is 13.5. The average Bonchev–Trinajstić information content (AvgIpc) is 3.16. The summed E-state index contributed by atoms with van der Waals surface area (Å²) >= 11 is 0. The Morgan fingerprint density at radius 3 is 2.61 bits per heavy atom. The van der Waals surface area contributed by atoms with E-state index in [1.807, 2.05) is 6.92 Å². The number of hydrogen-bond donors (Lipinski definition) is 1. The van der Waals surface area contributed by atoms with Crippen LogP contribution in [0.3, 0.4) is 0 Å². The van der Waals surface area contributed by atoms with Crippen molar-refractivity contribution in [3.05, 3.63) is 35.5 Å². The van der Waals surface area contributed by atoms with Crippen LogP contribution in [0.15, 0.2) is 24.4 Å². The molecule has 1 atom stereocenters. The molecular formula is C23H29F3N4O. The molecule has 0 saturated carbocycles. The molecule has 2 fully saturated rings. The lowest BCUT2D eigenvalue weighted by molar-refractivity contribution is -0.136. The highest BCUT2D eigenvalue weighted by atomic mass is 19.4. The number of pyridine rings is 1. The molecule has 0 bridgehead atoms. The molecule has 8 heteroatoms. The highest BCUT2D eigenvalue weighted by molar-refractivity contribution is 5.96. The minimum Gasteiger partial charge on any atom is -0.369 e. The molecule has 0 aliphatic carbocycles. The zero-order valence-corrected chi connectivity index (χ0v) is 18.0. The Kier molecular flexibility index (Phi) is 6.10. The van der Waals surface area contributed by atoms with Gasteiger partial charge in [0.25, 0.3) is 0 Å². The number of aryl methyl sites for hydroxylation is 1. The van der Waals surface area contributed by atoms with Gasteiger partial charge in [-0.1, -0.05) is 0 Å². The van der Waals surface area contributed by atoms with Crippen molar-refractivity contribution in [2.45, 2.75) is 44.8 Å². The minimum atomic E-state index is -4.45. The highest BCUT2D eigenvalue weighted by Gasteiger charge is 2.35. The molecule has 1 unspecified atom stereocenters. The van der Waals surface area contributed by atoms with E-state index < -0.39 is 11.7 Å². The van der Waals surface area contributed by atoms with Crippen LogP contribution in [0.25, 0.3) is 10.9 Å². The number of anilines is 1. The van der Waals surface area contributed by atoms with E-state index in [-0.39, 0.29) is 17.5 Å². The Hall–Kier alpha value is -2.35. The van der Waals surface area contributed by atoms with Gasteiger partial charge in [-0.3, -0.25) is 9.78 Å². The van der Waals surface area contributed by atoms with Crippen molar-refractivity contribution in [2.24, 2.45) is 5.92 Å². The fourth-order valence-electron chi connectivity index (χ4n) is 4.81. The van der Waals surface area contributed by atoms with Crippen LogP contribution >= 0.6 is 0 Å². The summed E-state index contributed by atoms with van der Waals surface area (Å²) in [6.45, 7) is 5.15. The van der Waals surface area contributed by atoms with Crippen molar-refractivity contribution in [1.82, 2.24) is 15.2 Å². The van der Waals surface area contributed by atoms with Crippen molar-refractivity contribution in [2.75, 3.05) is 38.1 Å². The van der Waals surface area contributed by atoms with Crippen LogP contribution in [-0.2, 0) is 11.0 Å². The van der Waals surface area contributed by atoms with Crippen LogP contribution in [0, 0.1) is 12.8 Å². The molecule has 2 aliphatic heterocycles. The van der Waals surface area contributed by atoms with Gasteiger partial charge < -0.3 is 15.1 Å². The minimum absolute atomic E-state index is 0.00749. The summed E-state index contributed by atoms with van der Waals surface area (Å²) in [7, 11) is 2.10. The number of carbonyl (C=O) groups is 1. The Labute approximate surface area is 180 Å². The molecule has 2 aliphatic rings. The first-order valence-electron chi connectivity index (χ1n) is 10.9.